The first-order valence-electron chi connectivity index (χ1n) is 4.20. The third kappa shape index (κ3) is 3.81. The first-order chi connectivity index (χ1) is 7.04. The Balaban J connectivity index is 2.76. The van der Waals surface area contributed by atoms with Crippen molar-refractivity contribution in [2.24, 2.45) is 0 Å². The molecule has 1 aromatic rings. The van der Waals surface area contributed by atoms with E-state index in [1.807, 2.05) is 18.2 Å². The third-order valence-corrected chi connectivity index (χ3v) is 3.23. The Labute approximate surface area is 112 Å². The fourth-order valence-corrected chi connectivity index (χ4v) is 2.28. The smallest absolute Gasteiger partial charge is 0.324 e. The van der Waals surface area contributed by atoms with E-state index in [0.717, 1.165) is 9.13 Å². The Morgan fingerprint density at radius 3 is 2.80 bits per heavy atom. The Bertz CT molecular complexity index is 368. The van der Waals surface area contributed by atoms with E-state index < -0.39 is 11.3 Å². The quantitative estimate of drug-likeness (QED) is 0.471. The van der Waals surface area contributed by atoms with Gasteiger partial charge < -0.3 is 4.74 Å². The molecule has 82 valence electrons. The Morgan fingerprint density at radius 2 is 2.27 bits per heavy atom. The fourth-order valence-electron chi connectivity index (χ4n) is 1.09. The minimum atomic E-state index is -0.687. The van der Waals surface area contributed by atoms with Crippen LogP contribution in [0.4, 0.5) is 0 Å². The van der Waals surface area contributed by atoms with Crippen LogP contribution in [0, 0.1) is 3.57 Å². The number of ether oxygens (including phenoxy) is 1. The number of carbonyl (C=O) groups excluding carboxylic acids is 1. The van der Waals surface area contributed by atoms with E-state index in [4.69, 9.17) is 23.2 Å². The van der Waals surface area contributed by atoms with Gasteiger partial charge in [-0.2, -0.15) is 0 Å². The Kier molecular flexibility index (Phi) is 5.15. The molecule has 5 heteroatoms. The number of esters is 1. The molecular weight excluding hydrogens is 350 g/mol. The second-order valence-corrected chi connectivity index (χ2v) is 5.11. The first kappa shape index (κ1) is 13.1. The summed E-state index contributed by atoms with van der Waals surface area (Å²) in [6, 6.07) is 5.61. The van der Waals surface area contributed by atoms with Gasteiger partial charge in [-0.05, 0) is 40.3 Å². The number of hydrogen-bond donors (Lipinski definition) is 0. The van der Waals surface area contributed by atoms with Gasteiger partial charge in [-0.1, -0.05) is 17.7 Å². The molecule has 2 nitrogen and oxygen atoms in total. The third-order valence-electron chi connectivity index (χ3n) is 1.87. The summed E-state index contributed by atoms with van der Waals surface area (Å²) in [7, 11) is 1.31. The minimum absolute atomic E-state index is 0.379. The highest BCUT2D eigenvalue weighted by Gasteiger charge is 2.17. The maximum absolute atomic E-state index is 11.1. The van der Waals surface area contributed by atoms with Crippen LogP contribution in [0.3, 0.4) is 0 Å². The lowest BCUT2D eigenvalue weighted by Crippen LogP contribution is -2.18. The molecule has 0 heterocycles. The molecule has 1 atom stereocenters. The molecule has 0 aromatic heterocycles. The molecule has 0 saturated heterocycles. The van der Waals surface area contributed by atoms with E-state index in [-0.39, 0.29) is 0 Å². The van der Waals surface area contributed by atoms with Gasteiger partial charge in [0, 0.05) is 15.0 Å². The zero-order valence-electron chi connectivity index (χ0n) is 7.97. The maximum Gasteiger partial charge on any atom is 0.324 e. The zero-order chi connectivity index (χ0) is 11.4. The van der Waals surface area contributed by atoms with Crippen LogP contribution < -0.4 is 0 Å². The van der Waals surface area contributed by atoms with Crippen LogP contribution in [0.2, 0.25) is 5.02 Å². The van der Waals surface area contributed by atoms with Gasteiger partial charge in [0.15, 0.2) is 0 Å². The highest BCUT2D eigenvalue weighted by atomic mass is 127. The van der Waals surface area contributed by atoms with Gasteiger partial charge in [0.25, 0.3) is 0 Å². The Morgan fingerprint density at radius 1 is 1.60 bits per heavy atom. The monoisotopic (exact) mass is 358 g/mol. The highest BCUT2D eigenvalue weighted by molar-refractivity contribution is 14.1. The standard InChI is InChI=1S/C10H9Cl2IO2/c1-15-10(14)9(12)4-6-2-3-7(13)5-8(6)11/h2-3,5,9H,4H2,1H3. The molecule has 0 radical (unpaired) electrons. The van der Waals surface area contributed by atoms with E-state index >= 15 is 0 Å². The molecule has 0 saturated carbocycles. The molecule has 0 aliphatic heterocycles. The Hall–Kier alpha value is -0.0000000000000000555. The van der Waals surface area contributed by atoms with Crippen molar-refractivity contribution in [3.63, 3.8) is 0 Å². The summed E-state index contributed by atoms with van der Waals surface area (Å²) >= 11 is 14.0. The van der Waals surface area contributed by atoms with Gasteiger partial charge >= 0.3 is 5.97 Å². The normalized spacial score (nSPS) is 12.3. The van der Waals surface area contributed by atoms with E-state index in [2.05, 4.69) is 27.3 Å². The number of benzene rings is 1. The molecule has 0 spiro atoms. The lowest BCUT2D eigenvalue weighted by molar-refractivity contribution is -0.140. The molecule has 0 bridgehead atoms. The SMILES string of the molecule is COC(=O)C(Cl)Cc1ccc(I)cc1Cl. The van der Waals surface area contributed by atoms with Crippen LogP contribution in [0.15, 0.2) is 18.2 Å². The van der Waals surface area contributed by atoms with Crippen LogP contribution in [0.25, 0.3) is 0 Å². The molecule has 0 N–H and O–H groups in total. The summed E-state index contributed by atoms with van der Waals surface area (Å²) < 4.78 is 5.58. The summed E-state index contributed by atoms with van der Waals surface area (Å²) in [5, 5.41) is -0.0657. The number of alkyl halides is 1. The first-order valence-corrected chi connectivity index (χ1v) is 6.09. The number of rotatable bonds is 3. The molecule has 15 heavy (non-hydrogen) atoms. The lowest BCUT2D eigenvalue weighted by Gasteiger charge is -2.08. The molecule has 0 fully saturated rings. The van der Waals surface area contributed by atoms with Gasteiger partial charge in [0.05, 0.1) is 7.11 Å². The minimum Gasteiger partial charge on any atom is -0.468 e. The van der Waals surface area contributed by atoms with Crippen molar-refractivity contribution >= 4 is 51.8 Å². The zero-order valence-corrected chi connectivity index (χ0v) is 11.6. The largest absolute Gasteiger partial charge is 0.468 e. The van der Waals surface area contributed by atoms with Crippen LogP contribution in [-0.4, -0.2) is 18.5 Å². The van der Waals surface area contributed by atoms with E-state index in [9.17, 15) is 4.79 Å². The van der Waals surface area contributed by atoms with Crippen LogP contribution in [0.1, 0.15) is 5.56 Å². The van der Waals surface area contributed by atoms with Crippen molar-refractivity contribution in [2.45, 2.75) is 11.8 Å². The second kappa shape index (κ2) is 5.92. The van der Waals surface area contributed by atoms with Crippen molar-refractivity contribution in [2.75, 3.05) is 7.11 Å². The highest BCUT2D eigenvalue weighted by Crippen LogP contribution is 2.21. The molecule has 0 aliphatic carbocycles. The number of hydrogen-bond acceptors (Lipinski definition) is 2. The van der Waals surface area contributed by atoms with Gasteiger partial charge in [-0.25, -0.2) is 0 Å². The summed E-state index contributed by atoms with van der Waals surface area (Å²) in [6.07, 6.45) is 0.379. The average Bonchev–Trinajstić information content (AvgIpc) is 2.20. The van der Waals surface area contributed by atoms with Gasteiger partial charge in [0.1, 0.15) is 5.38 Å². The van der Waals surface area contributed by atoms with E-state index in [1.54, 1.807) is 0 Å². The van der Waals surface area contributed by atoms with Crippen molar-refractivity contribution in [3.05, 3.63) is 32.4 Å². The fraction of sp³-hybridized carbons (Fsp3) is 0.300. The van der Waals surface area contributed by atoms with Crippen molar-refractivity contribution in [1.29, 1.82) is 0 Å². The lowest BCUT2D eigenvalue weighted by atomic mass is 10.1. The van der Waals surface area contributed by atoms with Crippen LogP contribution in [-0.2, 0) is 16.0 Å². The van der Waals surface area contributed by atoms with E-state index in [0.29, 0.717) is 11.4 Å². The van der Waals surface area contributed by atoms with E-state index in [1.165, 1.54) is 7.11 Å². The molecule has 0 amide bonds. The van der Waals surface area contributed by atoms with Gasteiger partial charge in [0.2, 0.25) is 0 Å². The summed E-state index contributed by atoms with van der Waals surface area (Å²) in [6.45, 7) is 0. The molecule has 0 aliphatic rings. The molecule has 1 aromatic carbocycles. The number of methoxy groups -OCH3 is 1. The molecular formula is C10H9Cl2IO2. The molecule has 1 unspecified atom stereocenters. The van der Waals surface area contributed by atoms with Gasteiger partial charge in [-0.15, -0.1) is 11.6 Å². The van der Waals surface area contributed by atoms with Crippen molar-refractivity contribution < 1.29 is 9.53 Å². The van der Waals surface area contributed by atoms with Crippen LogP contribution >= 0.6 is 45.8 Å². The summed E-state index contributed by atoms with van der Waals surface area (Å²) in [4.78, 5) is 11.1. The average molecular weight is 359 g/mol. The maximum atomic E-state index is 11.1. The predicted octanol–water partition coefficient (Wildman–Crippen LogP) is 3.27. The molecule has 1 rings (SSSR count). The summed E-state index contributed by atoms with van der Waals surface area (Å²) in [5.74, 6) is -0.439. The number of carbonyl (C=O) groups is 1. The van der Waals surface area contributed by atoms with Crippen molar-refractivity contribution in [3.8, 4) is 0 Å². The van der Waals surface area contributed by atoms with Gasteiger partial charge in [-0.3, -0.25) is 4.79 Å². The number of halogens is 3. The predicted molar refractivity (Wildman–Crippen MR) is 69.5 cm³/mol. The van der Waals surface area contributed by atoms with Crippen molar-refractivity contribution in [1.82, 2.24) is 0 Å². The summed E-state index contributed by atoms with van der Waals surface area (Å²) in [5.41, 5.74) is 0.850. The topological polar surface area (TPSA) is 26.3 Å². The second-order valence-electron chi connectivity index (χ2n) is 2.93. The van der Waals surface area contributed by atoms with Crippen LogP contribution in [0.5, 0.6) is 0 Å².